The van der Waals surface area contributed by atoms with E-state index >= 15 is 0 Å². The lowest BCUT2D eigenvalue weighted by molar-refractivity contribution is 0.0474. The first-order valence-corrected chi connectivity index (χ1v) is 11.5. The molecule has 0 radical (unpaired) electrons. The predicted octanol–water partition coefficient (Wildman–Crippen LogP) is 3.82. The third kappa shape index (κ3) is 4.60. The van der Waals surface area contributed by atoms with Crippen LogP contribution >= 0.6 is 0 Å². The average Bonchev–Trinajstić information content (AvgIpc) is 3.04. The van der Waals surface area contributed by atoms with Gasteiger partial charge in [-0.25, -0.2) is 13.2 Å². The zero-order valence-electron chi connectivity index (χ0n) is 18.7. The SMILES string of the molecule is Cc1ccc(S(=O)(=O)N(C)c2ccc(C(=O)OCC(=O)c3cc(C)n(C)c3C)cc2)cc1. The van der Waals surface area contributed by atoms with Crippen LogP contribution in [0.5, 0.6) is 0 Å². The first kappa shape index (κ1) is 23.3. The molecule has 3 aromatic rings. The summed E-state index contributed by atoms with van der Waals surface area (Å²) in [5.41, 5.74) is 3.86. The van der Waals surface area contributed by atoms with Gasteiger partial charge in [-0.2, -0.15) is 0 Å². The van der Waals surface area contributed by atoms with Crippen molar-refractivity contribution in [3.05, 3.63) is 82.7 Å². The van der Waals surface area contributed by atoms with Crippen molar-refractivity contribution in [1.82, 2.24) is 4.57 Å². The Morgan fingerprint density at radius 3 is 2.09 bits per heavy atom. The van der Waals surface area contributed by atoms with Crippen LogP contribution in [-0.2, 0) is 21.8 Å². The van der Waals surface area contributed by atoms with E-state index in [1.165, 1.54) is 31.3 Å². The minimum atomic E-state index is -3.73. The second-order valence-electron chi connectivity index (χ2n) is 7.68. The topological polar surface area (TPSA) is 85.7 Å². The summed E-state index contributed by atoms with van der Waals surface area (Å²) in [6.45, 7) is 5.25. The summed E-state index contributed by atoms with van der Waals surface area (Å²) in [5.74, 6) is -0.931. The number of rotatable bonds is 7. The Morgan fingerprint density at radius 1 is 0.969 bits per heavy atom. The number of Topliss-reactive ketones (excluding diaryl/α,β-unsaturated/α-hetero) is 1. The number of hydrogen-bond donors (Lipinski definition) is 0. The van der Waals surface area contributed by atoms with Gasteiger partial charge in [0.05, 0.1) is 16.1 Å². The van der Waals surface area contributed by atoms with Gasteiger partial charge < -0.3 is 9.30 Å². The minimum Gasteiger partial charge on any atom is -0.454 e. The van der Waals surface area contributed by atoms with Crippen LogP contribution in [0.3, 0.4) is 0 Å². The van der Waals surface area contributed by atoms with Gasteiger partial charge in [0.15, 0.2) is 6.61 Å². The summed E-state index contributed by atoms with van der Waals surface area (Å²) < 4.78 is 33.9. The number of esters is 1. The molecule has 8 heteroatoms. The predicted molar refractivity (Wildman–Crippen MR) is 123 cm³/mol. The van der Waals surface area contributed by atoms with E-state index in [-0.39, 0.29) is 22.8 Å². The van der Waals surface area contributed by atoms with Gasteiger partial charge in [-0.1, -0.05) is 17.7 Å². The van der Waals surface area contributed by atoms with Gasteiger partial charge in [0.1, 0.15) is 0 Å². The highest BCUT2D eigenvalue weighted by molar-refractivity contribution is 7.92. The Bertz CT molecular complexity index is 1260. The number of aryl methyl sites for hydroxylation is 2. The van der Waals surface area contributed by atoms with Crippen molar-refractivity contribution in [2.45, 2.75) is 25.7 Å². The summed E-state index contributed by atoms with van der Waals surface area (Å²) in [6.07, 6.45) is 0. The Balaban J connectivity index is 1.68. The average molecular weight is 455 g/mol. The number of ether oxygens (including phenoxy) is 1. The molecule has 3 rings (SSSR count). The Labute approximate surface area is 188 Å². The summed E-state index contributed by atoms with van der Waals surface area (Å²) in [5, 5.41) is 0. The largest absolute Gasteiger partial charge is 0.454 e. The second kappa shape index (κ2) is 9.00. The van der Waals surface area contributed by atoms with E-state index in [1.807, 2.05) is 32.4 Å². The molecule has 0 aliphatic rings. The molecule has 7 nitrogen and oxygen atoms in total. The highest BCUT2D eigenvalue weighted by atomic mass is 32.2. The van der Waals surface area contributed by atoms with E-state index < -0.39 is 16.0 Å². The number of nitrogens with zero attached hydrogens (tertiary/aromatic N) is 2. The van der Waals surface area contributed by atoms with Crippen molar-refractivity contribution in [2.75, 3.05) is 18.0 Å². The molecule has 0 fully saturated rings. The van der Waals surface area contributed by atoms with E-state index in [2.05, 4.69) is 0 Å². The highest BCUT2D eigenvalue weighted by Crippen LogP contribution is 2.23. The third-order valence-electron chi connectivity index (χ3n) is 5.56. The lowest BCUT2D eigenvalue weighted by Crippen LogP contribution is -2.26. The smallest absolute Gasteiger partial charge is 0.338 e. The molecule has 168 valence electrons. The van der Waals surface area contributed by atoms with Gasteiger partial charge in [-0.3, -0.25) is 9.10 Å². The molecule has 0 aliphatic heterocycles. The van der Waals surface area contributed by atoms with Crippen molar-refractivity contribution >= 4 is 27.5 Å². The van der Waals surface area contributed by atoms with Gasteiger partial charge >= 0.3 is 5.97 Å². The lowest BCUT2D eigenvalue weighted by atomic mass is 10.1. The van der Waals surface area contributed by atoms with Crippen LogP contribution in [0.4, 0.5) is 5.69 Å². The molecule has 0 aliphatic carbocycles. The van der Waals surface area contributed by atoms with Crippen molar-refractivity contribution < 1.29 is 22.7 Å². The molecule has 0 spiro atoms. The van der Waals surface area contributed by atoms with Crippen LogP contribution in [0.25, 0.3) is 0 Å². The second-order valence-corrected chi connectivity index (χ2v) is 9.64. The lowest BCUT2D eigenvalue weighted by Gasteiger charge is -2.19. The summed E-state index contributed by atoms with van der Waals surface area (Å²) in [7, 11) is -0.413. The van der Waals surface area contributed by atoms with E-state index in [0.717, 1.165) is 21.3 Å². The Morgan fingerprint density at radius 2 is 1.56 bits per heavy atom. The van der Waals surface area contributed by atoms with Gasteiger partial charge in [0, 0.05) is 31.0 Å². The fraction of sp³-hybridized carbons (Fsp3) is 0.250. The molecule has 0 N–H and O–H groups in total. The third-order valence-corrected chi connectivity index (χ3v) is 7.36. The summed E-state index contributed by atoms with van der Waals surface area (Å²) >= 11 is 0. The number of carbonyl (C=O) groups excluding carboxylic acids is 2. The van der Waals surface area contributed by atoms with Crippen LogP contribution in [0.15, 0.2) is 59.5 Å². The molecule has 0 unspecified atom stereocenters. The molecule has 0 saturated carbocycles. The maximum absolute atomic E-state index is 12.8. The number of benzene rings is 2. The van der Waals surface area contributed by atoms with Gasteiger partial charge in [0.25, 0.3) is 10.0 Å². The van der Waals surface area contributed by atoms with Crippen LogP contribution in [0.2, 0.25) is 0 Å². The van der Waals surface area contributed by atoms with Crippen molar-refractivity contribution in [1.29, 1.82) is 0 Å². The summed E-state index contributed by atoms with van der Waals surface area (Å²) in [4.78, 5) is 24.9. The number of hydrogen-bond acceptors (Lipinski definition) is 5. The number of sulfonamides is 1. The molecule has 32 heavy (non-hydrogen) atoms. The normalized spacial score (nSPS) is 11.3. The first-order valence-electron chi connectivity index (χ1n) is 10.0. The number of ketones is 1. The molecule has 0 amide bonds. The van der Waals surface area contributed by atoms with Crippen LogP contribution in [0.1, 0.15) is 37.7 Å². The fourth-order valence-corrected chi connectivity index (χ4v) is 4.44. The van der Waals surface area contributed by atoms with E-state index in [9.17, 15) is 18.0 Å². The molecular formula is C24H26N2O5S. The van der Waals surface area contributed by atoms with Crippen molar-refractivity contribution in [3.63, 3.8) is 0 Å². The molecule has 0 bridgehead atoms. The van der Waals surface area contributed by atoms with E-state index in [4.69, 9.17) is 4.74 Å². The van der Waals surface area contributed by atoms with E-state index in [1.54, 1.807) is 30.3 Å². The minimum absolute atomic E-state index is 0.180. The molecular weight excluding hydrogens is 428 g/mol. The summed E-state index contributed by atoms with van der Waals surface area (Å²) in [6, 6.07) is 14.3. The number of aromatic nitrogens is 1. The fourth-order valence-electron chi connectivity index (χ4n) is 3.24. The Hall–Kier alpha value is -3.39. The molecule has 0 atom stereocenters. The van der Waals surface area contributed by atoms with Crippen LogP contribution in [0, 0.1) is 20.8 Å². The number of carbonyl (C=O) groups is 2. The first-order chi connectivity index (χ1) is 15.0. The Kier molecular flexibility index (Phi) is 6.55. The highest BCUT2D eigenvalue weighted by Gasteiger charge is 2.22. The van der Waals surface area contributed by atoms with Gasteiger partial charge in [-0.15, -0.1) is 0 Å². The maximum Gasteiger partial charge on any atom is 0.338 e. The van der Waals surface area contributed by atoms with Crippen molar-refractivity contribution in [3.8, 4) is 0 Å². The van der Waals surface area contributed by atoms with Gasteiger partial charge in [-0.05, 0) is 63.2 Å². The molecule has 1 heterocycles. The van der Waals surface area contributed by atoms with Crippen LogP contribution < -0.4 is 4.31 Å². The molecule has 0 saturated heterocycles. The standard InChI is InChI=1S/C24H26N2O5S/c1-16-6-12-21(13-7-16)32(29,30)26(5)20-10-8-19(9-11-20)24(28)31-15-23(27)22-14-17(2)25(4)18(22)3/h6-14H,15H2,1-5H3. The maximum atomic E-state index is 12.8. The van der Waals surface area contributed by atoms with Crippen LogP contribution in [-0.4, -0.2) is 38.4 Å². The molecule has 1 aromatic heterocycles. The molecule has 2 aromatic carbocycles. The monoisotopic (exact) mass is 454 g/mol. The van der Waals surface area contributed by atoms with Crippen molar-refractivity contribution in [2.24, 2.45) is 7.05 Å². The quantitative estimate of drug-likeness (QED) is 0.400. The van der Waals surface area contributed by atoms with E-state index in [0.29, 0.717) is 11.3 Å². The zero-order chi connectivity index (χ0) is 23.6. The number of anilines is 1. The van der Waals surface area contributed by atoms with Gasteiger partial charge in [0.2, 0.25) is 5.78 Å². The zero-order valence-corrected chi connectivity index (χ0v) is 19.6.